The summed E-state index contributed by atoms with van der Waals surface area (Å²) in [6.07, 6.45) is 61.4. The lowest BCUT2D eigenvalue weighted by Gasteiger charge is -2.41. The third-order valence-corrected chi connectivity index (χ3v) is 16.2. The average Bonchev–Trinajstić information content (AvgIpc) is 3.46. The van der Waals surface area contributed by atoms with E-state index >= 15 is 0 Å². The van der Waals surface area contributed by atoms with Gasteiger partial charge in [0.05, 0.1) is 25.4 Å². The summed E-state index contributed by atoms with van der Waals surface area (Å²) in [6.45, 7) is 5.80. The Balaban J connectivity index is 2.62. The molecule has 81 heavy (non-hydrogen) atoms. The summed E-state index contributed by atoms with van der Waals surface area (Å²) in [7, 11) is 0. The fraction of sp³-hybridized carbons (Fsp3) is 0.857. The molecule has 0 aliphatic carbocycles. The molecule has 474 valence electrons. The van der Waals surface area contributed by atoms with Gasteiger partial charge in [-0.15, -0.1) is 0 Å². The van der Waals surface area contributed by atoms with Crippen LogP contribution in [-0.4, -0.2) is 99.6 Å². The first kappa shape index (κ1) is 76.6. The minimum atomic E-state index is -1.61. The van der Waals surface area contributed by atoms with E-state index in [0.29, 0.717) is 12.8 Å². The number of hydrogen-bond acceptors (Lipinski definition) is 10. The van der Waals surface area contributed by atoms with Gasteiger partial charge >= 0.3 is 5.97 Å². The predicted octanol–water partition coefficient (Wildman–Crippen LogP) is 17.2. The number of allylic oxidation sites excluding steroid dienone is 7. The Morgan fingerprint density at radius 3 is 1.30 bits per heavy atom. The SMILES string of the molecule is CCCCC/C=C\C/C=C\CCCCCCCCCCC(O)C(=O)NC(COC1OC(CO)C(O)C(O)C1OC(=O)CCCCCCCCCCCCC/C=C/CCCCCCCC)C(O)/C=C/CCCCCCCCCCCCC. The van der Waals surface area contributed by atoms with E-state index in [1.807, 2.05) is 6.08 Å². The molecular weight excluding hydrogens is 1010 g/mol. The zero-order valence-electron chi connectivity index (χ0n) is 52.7. The molecule has 0 aromatic heterocycles. The third kappa shape index (κ3) is 45.6. The predicted molar refractivity (Wildman–Crippen MR) is 338 cm³/mol. The highest BCUT2D eigenvalue weighted by molar-refractivity contribution is 5.80. The second-order valence-electron chi connectivity index (χ2n) is 23.9. The number of amides is 1. The molecule has 1 heterocycles. The van der Waals surface area contributed by atoms with Gasteiger partial charge in [0, 0.05) is 6.42 Å². The fourth-order valence-corrected chi connectivity index (χ4v) is 10.7. The Labute approximate surface area is 497 Å². The van der Waals surface area contributed by atoms with E-state index in [9.17, 15) is 35.1 Å². The summed E-state index contributed by atoms with van der Waals surface area (Å²) in [5.74, 6) is -1.19. The second kappa shape index (κ2) is 58.0. The Bertz CT molecular complexity index is 1500. The highest BCUT2D eigenvalue weighted by Crippen LogP contribution is 2.26. The molecule has 6 N–H and O–H groups in total. The molecule has 0 saturated carbocycles. The standard InChI is InChI=1S/C70H129NO10/c1-4-7-10-13-16-19-22-25-27-29-31-32-33-35-37-40-43-46-49-52-55-58-65(75)81-68-67(77)66(76)64(59-72)80-70(68)79-60-61(62(73)56-53-50-47-44-41-38-24-21-18-15-12-9-6-3)71-69(78)63(74)57-54-51-48-45-42-39-36-34-30-28-26-23-20-17-14-11-8-5-2/h17,20,25-28,53,56,61-64,66-68,70,72-74,76-77H,4-16,18-19,21-24,29-52,54-55,57-60H2,1-3H3,(H,71,78)/b20-17-,27-25+,28-26-,56-53+. The molecule has 8 atom stereocenters. The Morgan fingerprint density at radius 1 is 0.481 bits per heavy atom. The molecule has 1 amide bonds. The number of carbonyl (C=O) groups is 2. The van der Waals surface area contributed by atoms with Crippen molar-refractivity contribution in [3.05, 3.63) is 48.6 Å². The monoisotopic (exact) mass is 1140 g/mol. The van der Waals surface area contributed by atoms with Crippen molar-refractivity contribution in [1.82, 2.24) is 5.32 Å². The zero-order valence-corrected chi connectivity index (χ0v) is 52.7. The van der Waals surface area contributed by atoms with Crippen LogP contribution in [0.5, 0.6) is 0 Å². The van der Waals surface area contributed by atoms with Crippen molar-refractivity contribution < 1.29 is 49.3 Å². The number of carbonyl (C=O) groups excluding carboxylic acids is 2. The van der Waals surface area contributed by atoms with Gasteiger partial charge in [-0.25, -0.2) is 0 Å². The van der Waals surface area contributed by atoms with E-state index in [2.05, 4.69) is 62.5 Å². The summed E-state index contributed by atoms with van der Waals surface area (Å²) in [4.78, 5) is 26.6. The summed E-state index contributed by atoms with van der Waals surface area (Å²) in [5, 5.41) is 57.2. The first-order chi connectivity index (χ1) is 39.7. The molecule has 1 aliphatic heterocycles. The van der Waals surface area contributed by atoms with Gasteiger partial charge in [0.1, 0.15) is 24.4 Å². The topological polar surface area (TPSA) is 175 Å². The number of rotatable bonds is 59. The third-order valence-electron chi connectivity index (χ3n) is 16.2. The van der Waals surface area contributed by atoms with E-state index in [4.69, 9.17) is 14.2 Å². The highest BCUT2D eigenvalue weighted by atomic mass is 16.7. The molecule has 0 aromatic rings. The van der Waals surface area contributed by atoms with Crippen LogP contribution in [0.4, 0.5) is 0 Å². The van der Waals surface area contributed by atoms with Gasteiger partial charge < -0.3 is 45.1 Å². The fourth-order valence-electron chi connectivity index (χ4n) is 10.7. The molecule has 1 rings (SSSR count). The van der Waals surface area contributed by atoms with Crippen LogP contribution in [0.15, 0.2) is 48.6 Å². The zero-order chi connectivity index (χ0) is 58.9. The average molecular weight is 1140 g/mol. The quantitative estimate of drug-likeness (QED) is 0.0195. The number of hydrogen-bond donors (Lipinski definition) is 6. The van der Waals surface area contributed by atoms with E-state index in [1.54, 1.807) is 6.08 Å². The van der Waals surface area contributed by atoms with Gasteiger partial charge in [0.2, 0.25) is 5.91 Å². The molecule has 11 nitrogen and oxygen atoms in total. The van der Waals surface area contributed by atoms with Crippen LogP contribution >= 0.6 is 0 Å². The maximum absolute atomic E-state index is 13.5. The lowest BCUT2D eigenvalue weighted by Crippen LogP contribution is -2.61. The van der Waals surface area contributed by atoms with Crippen molar-refractivity contribution in [3.8, 4) is 0 Å². The number of ether oxygens (including phenoxy) is 3. The number of nitrogens with one attached hydrogen (secondary N) is 1. The lowest BCUT2D eigenvalue weighted by atomic mass is 9.99. The molecule has 0 radical (unpaired) electrons. The summed E-state index contributed by atoms with van der Waals surface area (Å²) in [6, 6.07) is -1.03. The van der Waals surface area contributed by atoms with Gasteiger partial charge in [0.25, 0.3) is 0 Å². The molecule has 1 fully saturated rings. The smallest absolute Gasteiger partial charge is 0.306 e. The number of esters is 1. The summed E-state index contributed by atoms with van der Waals surface area (Å²) >= 11 is 0. The number of aliphatic hydroxyl groups is 5. The van der Waals surface area contributed by atoms with Gasteiger partial charge in [-0.05, 0) is 83.5 Å². The molecule has 1 aliphatic rings. The largest absolute Gasteiger partial charge is 0.454 e. The van der Waals surface area contributed by atoms with Crippen molar-refractivity contribution in [3.63, 3.8) is 0 Å². The summed E-state index contributed by atoms with van der Waals surface area (Å²) < 4.78 is 17.7. The van der Waals surface area contributed by atoms with Gasteiger partial charge in [0.15, 0.2) is 12.4 Å². The summed E-state index contributed by atoms with van der Waals surface area (Å²) in [5.41, 5.74) is 0. The van der Waals surface area contributed by atoms with E-state index < -0.39 is 67.4 Å². The number of unbranched alkanes of at least 4 members (excludes halogenated alkanes) is 39. The Kier molecular flexibility index (Phi) is 54.9. The van der Waals surface area contributed by atoms with E-state index in [-0.39, 0.29) is 19.4 Å². The highest BCUT2D eigenvalue weighted by Gasteiger charge is 2.47. The van der Waals surface area contributed by atoms with Crippen molar-refractivity contribution in [2.24, 2.45) is 0 Å². The van der Waals surface area contributed by atoms with E-state index in [0.717, 1.165) is 70.6 Å². The molecule has 0 aromatic carbocycles. The van der Waals surface area contributed by atoms with Crippen molar-refractivity contribution in [2.75, 3.05) is 13.2 Å². The Morgan fingerprint density at radius 2 is 0.852 bits per heavy atom. The van der Waals surface area contributed by atoms with Crippen LogP contribution < -0.4 is 5.32 Å². The first-order valence-electron chi connectivity index (χ1n) is 34.4. The maximum atomic E-state index is 13.5. The molecule has 11 heteroatoms. The van der Waals surface area contributed by atoms with Crippen LogP contribution in [0.1, 0.15) is 323 Å². The van der Waals surface area contributed by atoms with Crippen LogP contribution in [0.2, 0.25) is 0 Å². The van der Waals surface area contributed by atoms with Crippen LogP contribution in [0.25, 0.3) is 0 Å². The van der Waals surface area contributed by atoms with Crippen LogP contribution in [0.3, 0.4) is 0 Å². The normalized spacial score (nSPS) is 18.9. The molecule has 1 saturated heterocycles. The first-order valence-corrected chi connectivity index (χ1v) is 34.4. The van der Waals surface area contributed by atoms with Gasteiger partial charge in [-0.3, -0.25) is 9.59 Å². The molecule has 0 bridgehead atoms. The van der Waals surface area contributed by atoms with Gasteiger partial charge in [-0.2, -0.15) is 0 Å². The van der Waals surface area contributed by atoms with Crippen LogP contribution in [0, 0.1) is 0 Å². The molecule has 8 unspecified atom stereocenters. The Hall–Kier alpha value is -2.38. The maximum Gasteiger partial charge on any atom is 0.306 e. The second-order valence-corrected chi connectivity index (χ2v) is 23.9. The van der Waals surface area contributed by atoms with Crippen LogP contribution in [-0.2, 0) is 23.8 Å². The molecular formula is C70H129NO10. The van der Waals surface area contributed by atoms with Crippen molar-refractivity contribution in [1.29, 1.82) is 0 Å². The lowest BCUT2D eigenvalue weighted by molar-refractivity contribution is -0.305. The van der Waals surface area contributed by atoms with Crippen molar-refractivity contribution >= 4 is 11.9 Å². The minimum absolute atomic E-state index is 0.124. The number of aliphatic hydroxyl groups excluding tert-OH is 5. The van der Waals surface area contributed by atoms with Gasteiger partial charge in [-0.1, -0.05) is 281 Å². The van der Waals surface area contributed by atoms with Crippen molar-refractivity contribution in [2.45, 2.75) is 372 Å². The van der Waals surface area contributed by atoms with E-state index in [1.165, 1.54) is 205 Å². The molecule has 0 spiro atoms. The minimum Gasteiger partial charge on any atom is -0.454 e.